The van der Waals surface area contributed by atoms with E-state index in [0.29, 0.717) is 5.69 Å². The maximum absolute atomic E-state index is 11.6. The number of aliphatic hydroxyl groups excluding tert-OH is 2. The Labute approximate surface area is 151 Å². The second-order valence-electron chi connectivity index (χ2n) is 5.53. The summed E-state index contributed by atoms with van der Waals surface area (Å²) in [4.78, 5) is 11.6. The van der Waals surface area contributed by atoms with Crippen molar-refractivity contribution >= 4 is 23.4 Å². The van der Waals surface area contributed by atoms with Crippen LogP contribution in [-0.2, 0) is 11.3 Å². The molecule has 7 heteroatoms. The van der Waals surface area contributed by atoms with Crippen LogP contribution in [0.15, 0.2) is 48.5 Å². The maximum atomic E-state index is 11.6. The molecule has 134 valence electrons. The number of benzene rings is 2. The van der Waals surface area contributed by atoms with E-state index in [0.717, 1.165) is 5.56 Å². The van der Waals surface area contributed by atoms with Crippen molar-refractivity contribution in [2.24, 2.45) is 0 Å². The molecule has 2 atom stereocenters. The lowest BCUT2D eigenvalue weighted by molar-refractivity contribution is 0.0141. The van der Waals surface area contributed by atoms with E-state index in [-0.39, 0.29) is 30.2 Å². The van der Waals surface area contributed by atoms with Crippen LogP contribution >= 0.6 is 11.6 Å². The molecule has 0 fully saturated rings. The van der Waals surface area contributed by atoms with Crippen molar-refractivity contribution in [1.29, 1.82) is 0 Å². The van der Waals surface area contributed by atoms with E-state index in [1.807, 2.05) is 30.3 Å². The fraction of sp³-hybridized carbons (Fsp3) is 0.278. The van der Waals surface area contributed by atoms with E-state index in [4.69, 9.17) is 22.1 Å². The fourth-order valence-electron chi connectivity index (χ4n) is 2.31. The first-order valence-corrected chi connectivity index (χ1v) is 8.21. The first-order valence-electron chi connectivity index (χ1n) is 7.83. The zero-order valence-corrected chi connectivity index (χ0v) is 14.3. The summed E-state index contributed by atoms with van der Waals surface area (Å²) in [5.74, 6) is 0. The van der Waals surface area contributed by atoms with E-state index < -0.39 is 18.3 Å². The van der Waals surface area contributed by atoms with Crippen LogP contribution < -0.4 is 11.1 Å². The van der Waals surface area contributed by atoms with Crippen LogP contribution in [0.5, 0.6) is 0 Å². The fourth-order valence-corrected chi connectivity index (χ4v) is 2.61. The molecule has 1 amide bonds. The molecule has 0 aromatic heterocycles. The van der Waals surface area contributed by atoms with Gasteiger partial charge in [-0.15, -0.1) is 0 Å². The quantitative estimate of drug-likeness (QED) is 0.565. The number of halogens is 1. The molecule has 2 aromatic rings. The summed E-state index contributed by atoms with van der Waals surface area (Å²) in [6.45, 7) is 0.296. The highest BCUT2D eigenvalue weighted by molar-refractivity contribution is 6.31. The van der Waals surface area contributed by atoms with Crippen LogP contribution in [0.4, 0.5) is 10.5 Å². The highest BCUT2D eigenvalue weighted by Crippen LogP contribution is 2.31. The molecule has 0 saturated carbocycles. The second-order valence-corrected chi connectivity index (χ2v) is 5.94. The zero-order chi connectivity index (χ0) is 18.2. The summed E-state index contributed by atoms with van der Waals surface area (Å²) in [7, 11) is 0. The van der Waals surface area contributed by atoms with Gasteiger partial charge in [-0.1, -0.05) is 48.0 Å². The Kier molecular flexibility index (Phi) is 7.06. The molecule has 0 bridgehead atoms. The third kappa shape index (κ3) is 5.63. The average Bonchev–Trinajstić information content (AvgIpc) is 2.60. The van der Waals surface area contributed by atoms with Gasteiger partial charge in [0.25, 0.3) is 0 Å². The topological polar surface area (TPSA) is 105 Å². The van der Waals surface area contributed by atoms with Crippen molar-refractivity contribution in [3.63, 3.8) is 0 Å². The predicted octanol–water partition coefficient (Wildman–Crippen LogP) is 2.63. The van der Waals surface area contributed by atoms with Crippen LogP contribution in [0.25, 0.3) is 0 Å². The number of rotatable bonds is 7. The number of aliphatic hydroxyl groups is 2. The molecule has 6 nitrogen and oxygen atoms in total. The predicted molar refractivity (Wildman–Crippen MR) is 96.1 cm³/mol. The summed E-state index contributed by atoms with van der Waals surface area (Å²) in [5.41, 5.74) is 7.24. The van der Waals surface area contributed by atoms with Gasteiger partial charge < -0.3 is 26.0 Å². The van der Waals surface area contributed by atoms with Crippen molar-refractivity contribution in [3.8, 4) is 0 Å². The van der Waals surface area contributed by atoms with Crippen LogP contribution in [0, 0.1) is 0 Å². The highest BCUT2D eigenvalue weighted by atomic mass is 35.5. The molecular formula is C18H21ClN2O4. The molecule has 25 heavy (non-hydrogen) atoms. The number of alkyl carbamates (subject to hydrolysis) is 1. The summed E-state index contributed by atoms with van der Waals surface area (Å²) in [6.07, 6.45) is -2.85. The van der Waals surface area contributed by atoms with Gasteiger partial charge in [0, 0.05) is 22.8 Å². The standard InChI is InChI=1S/C18H21ClN2O4/c19-13-7-4-8-14(20)16(13)17(23)15(22)9-10-21-18(24)25-11-12-5-2-1-3-6-12/h1-8,15,17,22-23H,9-11,20H2,(H,21,24). The summed E-state index contributed by atoms with van der Waals surface area (Å²) >= 11 is 6.01. The van der Waals surface area contributed by atoms with Gasteiger partial charge in [0.15, 0.2) is 0 Å². The molecule has 0 aliphatic carbocycles. The first kappa shape index (κ1) is 19.1. The SMILES string of the molecule is Nc1cccc(Cl)c1C(O)C(O)CCNC(=O)OCc1ccccc1. The number of nitrogens with two attached hydrogens (primary N) is 1. The minimum atomic E-state index is -1.24. The van der Waals surface area contributed by atoms with Crippen molar-refractivity contribution in [2.45, 2.75) is 25.2 Å². The molecular weight excluding hydrogens is 344 g/mol. The lowest BCUT2D eigenvalue weighted by Crippen LogP contribution is -2.30. The third-order valence-electron chi connectivity index (χ3n) is 3.67. The van der Waals surface area contributed by atoms with E-state index in [2.05, 4.69) is 5.32 Å². The van der Waals surface area contributed by atoms with Gasteiger partial charge >= 0.3 is 6.09 Å². The number of nitrogens with one attached hydrogen (secondary N) is 1. The molecule has 0 spiro atoms. The molecule has 0 aliphatic rings. The monoisotopic (exact) mass is 364 g/mol. The smallest absolute Gasteiger partial charge is 0.407 e. The van der Waals surface area contributed by atoms with Crippen LogP contribution in [0.1, 0.15) is 23.7 Å². The number of amides is 1. The summed E-state index contributed by atoms with van der Waals surface area (Å²) in [5, 5.41) is 23.1. The Morgan fingerprint density at radius 3 is 2.56 bits per heavy atom. The average molecular weight is 365 g/mol. The number of ether oxygens (including phenoxy) is 1. The van der Waals surface area contributed by atoms with Gasteiger partial charge in [0.05, 0.1) is 6.10 Å². The van der Waals surface area contributed by atoms with Crippen LogP contribution in [0.2, 0.25) is 5.02 Å². The largest absolute Gasteiger partial charge is 0.445 e. The minimum Gasteiger partial charge on any atom is -0.445 e. The van der Waals surface area contributed by atoms with E-state index >= 15 is 0 Å². The van der Waals surface area contributed by atoms with E-state index in [9.17, 15) is 15.0 Å². The molecule has 0 radical (unpaired) electrons. The number of hydrogen-bond donors (Lipinski definition) is 4. The highest BCUT2D eigenvalue weighted by Gasteiger charge is 2.22. The lowest BCUT2D eigenvalue weighted by Gasteiger charge is -2.20. The molecule has 2 unspecified atom stereocenters. The normalized spacial score (nSPS) is 13.1. The summed E-state index contributed by atoms with van der Waals surface area (Å²) < 4.78 is 5.06. The number of nitrogen functional groups attached to an aromatic ring is 1. The third-order valence-corrected chi connectivity index (χ3v) is 4.00. The molecule has 0 aliphatic heterocycles. The van der Waals surface area contributed by atoms with Crippen LogP contribution in [-0.4, -0.2) is 29.0 Å². The van der Waals surface area contributed by atoms with Crippen molar-refractivity contribution in [3.05, 3.63) is 64.7 Å². The van der Waals surface area contributed by atoms with E-state index in [1.165, 1.54) is 0 Å². The van der Waals surface area contributed by atoms with Gasteiger partial charge in [-0.05, 0) is 24.1 Å². The molecule has 2 aromatic carbocycles. The number of anilines is 1. The van der Waals surface area contributed by atoms with Gasteiger partial charge in [-0.25, -0.2) is 4.79 Å². The molecule has 5 N–H and O–H groups in total. The number of carbonyl (C=O) groups is 1. The number of hydrogen-bond acceptors (Lipinski definition) is 5. The van der Waals surface area contributed by atoms with Crippen molar-refractivity contribution in [1.82, 2.24) is 5.32 Å². The maximum Gasteiger partial charge on any atom is 0.407 e. The molecule has 0 heterocycles. The Hall–Kier alpha value is -2.28. The Bertz CT molecular complexity index is 676. The van der Waals surface area contributed by atoms with Gasteiger partial charge in [-0.3, -0.25) is 0 Å². The van der Waals surface area contributed by atoms with Crippen molar-refractivity contribution < 1.29 is 19.7 Å². The Morgan fingerprint density at radius 2 is 1.88 bits per heavy atom. The molecule has 0 saturated heterocycles. The Balaban J connectivity index is 1.76. The molecule has 2 rings (SSSR count). The van der Waals surface area contributed by atoms with E-state index in [1.54, 1.807) is 18.2 Å². The van der Waals surface area contributed by atoms with Gasteiger partial charge in [-0.2, -0.15) is 0 Å². The summed E-state index contributed by atoms with van der Waals surface area (Å²) in [6, 6.07) is 14.1. The zero-order valence-electron chi connectivity index (χ0n) is 13.6. The first-order chi connectivity index (χ1) is 12.0. The van der Waals surface area contributed by atoms with Crippen molar-refractivity contribution in [2.75, 3.05) is 12.3 Å². The van der Waals surface area contributed by atoms with Crippen LogP contribution in [0.3, 0.4) is 0 Å². The van der Waals surface area contributed by atoms with Gasteiger partial charge in [0.1, 0.15) is 12.7 Å². The lowest BCUT2D eigenvalue weighted by atomic mass is 10.0. The van der Waals surface area contributed by atoms with Gasteiger partial charge in [0.2, 0.25) is 0 Å². The Morgan fingerprint density at radius 1 is 1.16 bits per heavy atom. The second kappa shape index (κ2) is 9.27. The minimum absolute atomic E-state index is 0.117. The number of carbonyl (C=O) groups excluding carboxylic acids is 1.